The lowest BCUT2D eigenvalue weighted by Gasteiger charge is -2.07. The van der Waals surface area contributed by atoms with Gasteiger partial charge in [0.1, 0.15) is 5.95 Å². The number of benzene rings is 1. The van der Waals surface area contributed by atoms with Gasteiger partial charge in [-0.1, -0.05) is 18.2 Å². The van der Waals surface area contributed by atoms with Crippen LogP contribution >= 0.6 is 0 Å². The van der Waals surface area contributed by atoms with Gasteiger partial charge in [0.25, 0.3) is 3.58 Å². The first-order valence-electron chi connectivity index (χ1n) is 4.42. The lowest BCUT2D eigenvalue weighted by molar-refractivity contribution is -0.582. The minimum atomic E-state index is -0.865. The first-order chi connectivity index (χ1) is 7.69. The van der Waals surface area contributed by atoms with E-state index in [1.807, 2.05) is 30.3 Å². The molecule has 0 aliphatic carbocycles. The molecule has 0 amide bonds. The quantitative estimate of drug-likeness (QED) is 0.260. The van der Waals surface area contributed by atoms with E-state index in [4.69, 9.17) is 0 Å². The Morgan fingerprint density at radius 2 is 1.81 bits per heavy atom. The largest absolute Gasteiger partial charge is 0.613 e. The second-order valence-corrected chi connectivity index (χ2v) is 5.55. The fourth-order valence-corrected chi connectivity index (χ4v) is 3.20. The van der Waals surface area contributed by atoms with Crippen molar-refractivity contribution in [2.75, 3.05) is 14.2 Å². The number of esters is 1. The molecule has 0 unspecified atom stereocenters. The molecule has 0 aromatic heterocycles. The molecule has 1 aromatic rings. The van der Waals surface area contributed by atoms with Gasteiger partial charge in [0.05, 0.1) is 7.11 Å². The summed E-state index contributed by atoms with van der Waals surface area (Å²) in [6.07, 6.45) is 0. The van der Waals surface area contributed by atoms with Crippen LogP contribution in [0.4, 0.5) is 0 Å². The van der Waals surface area contributed by atoms with Crippen molar-refractivity contribution in [1.82, 2.24) is 0 Å². The van der Waals surface area contributed by atoms with Crippen LogP contribution in [0.25, 0.3) is 0 Å². The van der Waals surface area contributed by atoms with Crippen molar-refractivity contribution in [2.45, 2.75) is 0 Å². The number of carbonyl (C=O) groups excluding carboxylic acids is 1. The van der Waals surface area contributed by atoms with Crippen LogP contribution in [0.1, 0.15) is 0 Å². The minimum absolute atomic E-state index is 0.106. The van der Waals surface area contributed by atoms with Gasteiger partial charge in [-0.05, 0) is 19.2 Å². The van der Waals surface area contributed by atoms with Gasteiger partial charge >= 0.3 is 27.2 Å². The molecule has 5 heteroatoms. The van der Waals surface area contributed by atoms with Crippen molar-refractivity contribution >= 4 is 5.97 Å². The molecule has 0 radical (unpaired) electrons. The monoisotopic (exact) mass is 334 g/mol. The highest BCUT2D eigenvalue weighted by Crippen LogP contribution is 1.91. The number of hydrogen-bond acceptors (Lipinski definition) is 4. The smallest absolute Gasteiger partial charge is 0.387 e. The average molecular weight is 334 g/mol. The van der Waals surface area contributed by atoms with Crippen LogP contribution in [0.3, 0.4) is 0 Å². The number of hydrogen-bond donors (Lipinski definition) is 0. The van der Waals surface area contributed by atoms with Gasteiger partial charge in [-0.15, -0.1) is 0 Å². The van der Waals surface area contributed by atoms with Crippen LogP contribution in [-0.2, 0) is 14.3 Å². The molecule has 0 saturated heterocycles. The Labute approximate surface area is 104 Å². The fourth-order valence-electron chi connectivity index (χ4n) is 0.926. The van der Waals surface area contributed by atoms with Gasteiger partial charge in [-0.3, -0.25) is 0 Å². The van der Waals surface area contributed by atoms with Crippen molar-refractivity contribution in [2.24, 2.45) is 0 Å². The SMILES string of the molecule is COC(=O)/C([I+]c1ccccc1)=C(/[O-])OC. The zero-order valence-electron chi connectivity index (χ0n) is 8.90. The van der Waals surface area contributed by atoms with E-state index in [1.54, 1.807) is 0 Å². The summed E-state index contributed by atoms with van der Waals surface area (Å²) >= 11 is -0.865. The van der Waals surface area contributed by atoms with Gasteiger partial charge in [0.2, 0.25) is 0 Å². The second kappa shape index (κ2) is 6.37. The average Bonchev–Trinajstić information content (AvgIpc) is 2.35. The van der Waals surface area contributed by atoms with Crippen molar-refractivity contribution < 1.29 is 40.6 Å². The lowest BCUT2D eigenvalue weighted by atomic mass is 10.4. The van der Waals surface area contributed by atoms with Gasteiger partial charge in [-0.2, -0.15) is 0 Å². The topological polar surface area (TPSA) is 58.6 Å². The summed E-state index contributed by atoms with van der Waals surface area (Å²) in [7, 11) is 2.50. The number of methoxy groups -OCH3 is 2. The van der Waals surface area contributed by atoms with Crippen molar-refractivity contribution in [3.05, 3.63) is 43.4 Å². The molecule has 16 heavy (non-hydrogen) atoms. The maximum Gasteiger partial charge on any atom is 0.387 e. The molecule has 86 valence electrons. The van der Waals surface area contributed by atoms with Crippen molar-refractivity contribution in [1.29, 1.82) is 0 Å². The molecular formula is C11H11IO4. The number of halogens is 1. The molecule has 1 rings (SSSR count). The zero-order chi connectivity index (χ0) is 12.0. The fraction of sp³-hybridized carbons (Fsp3) is 0.182. The van der Waals surface area contributed by atoms with Crippen molar-refractivity contribution in [3.63, 3.8) is 0 Å². The molecule has 0 aliphatic heterocycles. The maximum atomic E-state index is 11.4. The van der Waals surface area contributed by atoms with Crippen molar-refractivity contribution in [3.8, 4) is 0 Å². The normalized spacial score (nSPS) is 11.6. The van der Waals surface area contributed by atoms with Crippen LogP contribution in [0.15, 0.2) is 39.9 Å². The summed E-state index contributed by atoms with van der Waals surface area (Å²) < 4.78 is 10.2. The van der Waals surface area contributed by atoms with E-state index in [9.17, 15) is 9.90 Å². The molecule has 4 nitrogen and oxygen atoms in total. The lowest BCUT2D eigenvalue weighted by Crippen LogP contribution is -3.61. The summed E-state index contributed by atoms with van der Waals surface area (Å²) in [6, 6.07) is 9.35. The maximum absolute atomic E-state index is 11.4. The van der Waals surface area contributed by atoms with E-state index in [1.165, 1.54) is 14.2 Å². The number of ether oxygens (including phenoxy) is 2. The molecule has 0 spiro atoms. The third-order valence-corrected chi connectivity index (χ3v) is 4.43. The Bertz CT molecular complexity index is 386. The first kappa shape index (κ1) is 12.8. The third-order valence-electron chi connectivity index (χ3n) is 1.67. The Kier molecular flexibility index (Phi) is 5.10. The molecule has 0 aliphatic rings. The summed E-state index contributed by atoms with van der Waals surface area (Å²) in [5.41, 5.74) is 0. The minimum Gasteiger partial charge on any atom is -0.613 e. The summed E-state index contributed by atoms with van der Waals surface area (Å²) in [5, 5.41) is 11.4. The molecule has 0 atom stereocenters. The van der Waals surface area contributed by atoms with Gasteiger partial charge in [-0.25, -0.2) is 4.79 Å². The van der Waals surface area contributed by atoms with E-state index in [0.29, 0.717) is 0 Å². The highest BCUT2D eigenvalue weighted by molar-refractivity contribution is 5.85. The van der Waals surface area contributed by atoms with Crippen LogP contribution in [0.5, 0.6) is 0 Å². The molecule has 0 N–H and O–H groups in total. The number of carbonyl (C=O) groups is 1. The standard InChI is InChI=1S/C11H11IO4/c1-15-10(13)9(11(14)16-2)12-8-6-4-3-5-7-8/h3-7H,1-2H3. The molecular weight excluding hydrogens is 323 g/mol. The zero-order valence-corrected chi connectivity index (χ0v) is 11.1. The second-order valence-electron chi connectivity index (χ2n) is 2.69. The Balaban J connectivity index is 2.93. The van der Waals surface area contributed by atoms with E-state index in [2.05, 4.69) is 9.47 Å². The Morgan fingerprint density at radius 3 is 2.31 bits per heavy atom. The number of rotatable bonds is 4. The molecule has 0 fully saturated rings. The van der Waals surface area contributed by atoms with Crippen LogP contribution in [0.2, 0.25) is 0 Å². The van der Waals surface area contributed by atoms with Crippen LogP contribution < -0.4 is 26.3 Å². The molecule has 1 aromatic carbocycles. The van der Waals surface area contributed by atoms with E-state index < -0.39 is 33.1 Å². The molecule has 0 saturated carbocycles. The van der Waals surface area contributed by atoms with E-state index in [0.717, 1.165) is 3.57 Å². The predicted octanol–water partition coefficient (Wildman–Crippen LogP) is -2.71. The Hall–Kier alpha value is -1.24. The van der Waals surface area contributed by atoms with E-state index >= 15 is 0 Å². The summed E-state index contributed by atoms with van der Waals surface area (Å²) in [4.78, 5) is 11.4. The summed E-state index contributed by atoms with van der Waals surface area (Å²) in [6.45, 7) is 0. The third kappa shape index (κ3) is 3.41. The van der Waals surface area contributed by atoms with E-state index in [-0.39, 0.29) is 3.58 Å². The van der Waals surface area contributed by atoms with Gasteiger partial charge < -0.3 is 14.6 Å². The first-order valence-corrected chi connectivity index (χ1v) is 6.58. The molecule has 0 heterocycles. The summed E-state index contributed by atoms with van der Waals surface area (Å²) in [5.74, 6) is -1.22. The van der Waals surface area contributed by atoms with Gasteiger partial charge in [0, 0.05) is 0 Å². The molecule has 0 bridgehead atoms. The predicted molar refractivity (Wildman–Crippen MR) is 51.2 cm³/mol. The van der Waals surface area contributed by atoms with Crippen LogP contribution in [-0.4, -0.2) is 20.2 Å². The highest BCUT2D eigenvalue weighted by atomic mass is 127. The highest BCUT2D eigenvalue weighted by Gasteiger charge is 2.29. The van der Waals surface area contributed by atoms with Gasteiger partial charge in [0.15, 0.2) is 3.57 Å². The van der Waals surface area contributed by atoms with Crippen LogP contribution in [0, 0.1) is 3.57 Å². The Morgan fingerprint density at radius 1 is 1.19 bits per heavy atom.